The van der Waals surface area contributed by atoms with Crippen molar-refractivity contribution in [1.29, 1.82) is 0 Å². The van der Waals surface area contributed by atoms with Crippen LogP contribution in [0.3, 0.4) is 0 Å². The molecular formula is C22H25N5O3. The van der Waals surface area contributed by atoms with Crippen LogP contribution in [0.25, 0.3) is 11.0 Å². The van der Waals surface area contributed by atoms with Gasteiger partial charge in [0.25, 0.3) is 0 Å². The van der Waals surface area contributed by atoms with E-state index in [0.29, 0.717) is 36.4 Å². The lowest BCUT2D eigenvalue weighted by molar-refractivity contribution is -0.119. The van der Waals surface area contributed by atoms with Gasteiger partial charge in [-0.15, -0.1) is 0 Å². The number of aromatic nitrogens is 2. The number of fused-ring (bicyclic) bond motifs is 1. The minimum atomic E-state index is -0.607. The summed E-state index contributed by atoms with van der Waals surface area (Å²) in [5, 5.41) is 0. The molecule has 0 aliphatic carbocycles. The largest absolute Gasteiger partial charge is 0.497 e. The van der Waals surface area contributed by atoms with Crippen molar-refractivity contribution < 1.29 is 14.3 Å². The summed E-state index contributed by atoms with van der Waals surface area (Å²) >= 11 is 0. The first kappa shape index (κ1) is 19.9. The molecule has 2 aromatic carbocycles. The topological polar surface area (TPSA) is 83.1 Å². The lowest BCUT2D eigenvalue weighted by Gasteiger charge is -2.29. The molecule has 2 heterocycles. The van der Waals surface area contributed by atoms with Crippen LogP contribution >= 0.6 is 0 Å². The summed E-state index contributed by atoms with van der Waals surface area (Å²) in [5.41, 5.74) is 2.54. The number of hydrogen-bond acceptors (Lipinski definition) is 6. The molecule has 30 heavy (non-hydrogen) atoms. The lowest BCUT2D eigenvalue weighted by atomic mass is 10.0. The highest BCUT2D eigenvalue weighted by Gasteiger charge is 2.37. The zero-order valence-electron chi connectivity index (χ0n) is 17.5. The average Bonchev–Trinajstić information content (AvgIpc) is 3.13. The molecule has 1 atom stereocenters. The van der Waals surface area contributed by atoms with E-state index in [1.165, 1.54) is 0 Å². The molecule has 156 valence electrons. The first-order valence-electron chi connectivity index (χ1n) is 9.67. The van der Waals surface area contributed by atoms with Crippen LogP contribution in [0.2, 0.25) is 0 Å². The fraction of sp³-hybridized carbons (Fsp3) is 0.318. The van der Waals surface area contributed by atoms with Gasteiger partial charge in [0.05, 0.1) is 44.2 Å². The van der Waals surface area contributed by atoms with Crippen LogP contribution in [0, 0.1) is 0 Å². The number of amidine groups is 1. The molecule has 4 rings (SSSR count). The molecule has 1 N–H and O–H groups in total. The van der Waals surface area contributed by atoms with E-state index in [1.54, 1.807) is 21.3 Å². The first-order valence-corrected chi connectivity index (χ1v) is 9.67. The third-order valence-electron chi connectivity index (χ3n) is 5.22. The van der Waals surface area contributed by atoms with Gasteiger partial charge in [-0.25, -0.2) is 4.98 Å². The number of Topliss-reactive ketones (excluding diaryl/α,β-unsaturated/α-hetero) is 1. The van der Waals surface area contributed by atoms with Crippen molar-refractivity contribution in [2.24, 2.45) is 4.99 Å². The van der Waals surface area contributed by atoms with Gasteiger partial charge in [0.15, 0.2) is 5.78 Å². The first-order chi connectivity index (χ1) is 14.5. The molecule has 0 amide bonds. The predicted octanol–water partition coefficient (Wildman–Crippen LogP) is 2.67. The summed E-state index contributed by atoms with van der Waals surface area (Å²) in [6.45, 7) is 0.782. The van der Waals surface area contributed by atoms with E-state index in [1.807, 2.05) is 59.3 Å². The second-order valence-corrected chi connectivity index (χ2v) is 7.27. The van der Waals surface area contributed by atoms with Gasteiger partial charge < -0.3 is 19.4 Å². The summed E-state index contributed by atoms with van der Waals surface area (Å²) < 4.78 is 10.9. The highest BCUT2D eigenvalue weighted by Crippen LogP contribution is 2.33. The SMILES string of the molecule is CN=C1C(c2nc3ccccc3[nH]2)C(=O)CN(C)CN1c1cc(OC)cc(OC)c1. The predicted molar refractivity (Wildman–Crippen MR) is 117 cm³/mol. The maximum Gasteiger partial charge on any atom is 0.165 e. The molecule has 0 spiro atoms. The molecule has 1 aliphatic rings. The number of ketones is 1. The lowest BCUT2D eigenvalue weighted by Crippen LogP contribution is -2.39. The van der Waals surface area contributed by atoms with Gasteiger partial charge in [-0.2, -0.15) is 0 Å². The number of likely N-dealkylation sites (N-methyl/N-ethyl adjacent to an activating group) is 1. The molecule has 8 nitrogen and oxygen atoms in total. The number of rotatable bonds is 4. The molecule has 0 bridgehead atoms. The van der Waals surface area contributed by atoms with Gasteiger partial charge in [-0.1, -0.05) is 12.1 Å². The number of benzene rings is 2. The normalized spacial score (nSPS) is 19.3. The molecule has 1 aliphatic heterocycles. The van der Waals surface area contributed by atoms with Crippen molar-refractivity contribution in [2.75, 3.05) is 46.4 Å². The van der Waals surface area contributed by atoms with Crippen LogP contribution in [0.15, 0.2) is 47.5 Å². The Morgan fingerprint density at radius 2 is 1.83 bits per heavy atom. The molecule has 8 heteroatoms. The van der Waals surface area contributed by atoms with Gasteiger partial charge >= 0.3 is 0 Å². The van der Waals surface area contributed by atoms with Crippen LogP contribution < -0.4 is 14.4 Å². The molecule has 1 saturated heterocycles. The molecule has 0 radical (unpaired) electrons. The standard InChI is InChI=1S/C22H25N5O3/c1-23-22-20(21-24-17-7-5-6-8-18(17)25-21)19(28)12-26(2)13-27(22)14-9-15(29-3)11-16(10-14)30-4/h5-11,20H,12-13H2,1-4H3,(H,24,25). The molecule has 1 fully saturated rings. The average molecular weight is 407 g/mol. The summed E-state index contributed by atoms with van der Waals surface area (Å²) in [4.78, 5) is 29.8. The number of H-pyrrole nitrogens is 1. The van der Waals surface area contributed by atoms with Crippen LogP contribution in [-0.4, -0.2) is 68.0 Å². The molecule has 1 unspecified atom stereocenters. The van der Waals surface area contributed by atoms with E-state index in [-0.39, 0.29) is 5.78 Å². The second-order valence-electron chi connectivity index (χ2n) is 7.27. The van der Waals surface area contributed by atoms with Crippen molar-refractivity contribution in [3.8, 4) is 11.5 Å². The number of carbonyl (C=O) groups is 1. The quantitative estimate of drug-likeness (QED) is 0.716. The number of methoxy groups -OCH3 is 2. The second kappa shape index (κ2) is 8.16. The highest BCUT2D eigenvalue weighted by molar-refractivity contribution is 6.16. The number of nitrogens with one attached hydrogen (secondary N) is 1. The number of carbonyl (C=O) groups excluding carboxylic acids is 1. The fourth-order valence-corrected chi connectivity index (χ4v) is 3.82. The van der Waals surface area contributed by atoms with E-state index in [2.05, 4.69) is 9.98 Å². The minimum Gasteiger partial charge on any atom is -0.497 e. The van der Waals surface area contributed by atoms with E-state index in [4.69, 9.17) is 14.5 Å². The number of aromatic amines is 1. The summed E-state index contributed by atoms with van der Waals surface area (Å²) in [5.74, 6) is 1.98. The van der Waals surface area contributed by atoms with Gasteiger partial charge in [0.1, 0.15) is 29.1 Å². The van der Waals surface area contributed by atoms with E-state index in [9.17, 15) is 4.79 Å². The van der Waals surface area contributed by atoms with Gasteiger partial charge in [0.2, 0.25) is 0 Å². The van der Waals surface area contributed by atoms with Crippen molar-refractivity contribution in [1.82, 2.24) is 14.9 Å². The van der Waals surface area contributed by atoms with E-state index in [0.717, 1.165) is 16.7 Å². The third kappa shape index (κ3) is 3.61. The summed E-state index contributed by atoms with van der Waals surface area (Å²) in [6, 6.07) is 13.4. The van der Waals surface area contributed by atoms with Crippen LogP contribution in [0.5, 0.6) is 11.5 Å². The molecule has 1 aromatic heterocycles. The van der Waals surface area contributed by atoms with Crippen LogP contribution in [-0.2, 0) is 4.79 Å². The third-order valence-corrected chi connectivity index (χ3v) is 5.22. The van der Waals surface area contributed by atoms with E-state index >= 15 is 0 Å². The van der Waals surface area contributed by atoms with Crippen molar-refractivity contribution in [3.05, 3.63) is 48.3 Å². The summed E-state index contributed by atoms with van der Waals surface area (Å²) in [7, 11) is 6.84. The van der Waals surface area contributed by atoms with Crippen molar-refractivity contribution >= 4 is 28.3 Å². The highest BCUT2D eigenvalue weighted by atomic mass is 16.5. The number of nitrogens with zero attached hydrogens (tertiary/aromatic N) is 4. The zero-order chi connectivity index (χ0) is 21.3. The molecule has 0 saturated carbocycles. The smallest absolute Gasteiger partial charge is 0.165 e. The van der Waals surface area contributed by atoms with Crippen molar-refractivity contribution in [3.63, 3.8) is 0 Å². The Labute approximate surface area is 175 Å². The van der Waals surface area contributed by atoms with Crippen molar-refractivity contribution in [2.45, 2.75) is 5.92 Å². The Kier molecular flexibility index (Phi) is 5.41. The monoisotopic (exact) mass is 407 g/mol. The Morgan fingerprint density at radius 3 is 2.47 bits per heavy atom. The summed E-state index contributed by atoms with van der Waals surface area (Å²) in [6.07, 6.45) is 0. The number of anilines is 1. The number of para-hydroxylation sites is 2. The number of ether oxygens (including phenoxy) is 2. The molecule has 3 aromatic rings. The zero-order valence-corrected chi connectivity index (χ0v) is 17.5. The number of hydrogen-bond donors (Lipinski definition) is 1. The number of imidazole rings is 1. The maximum absolute atomic E-state index is 13.2. The number of aliphatic imine (C=N–C) groups is 1. The minimum absolute atomic E-state index is 0.0366. The Bertz CT molecular complexity index is 1050. The Hall–Kier alpha value is -3.39. The fourth-order valence-electron chi connectivity index (χ4n) is 3.82. The van der Waals surface area contributed by atoms with Gasteiger partial charge in [0, 0.05) is 25.2 Å². The maximum atomic E-state index is 13.2. The van der Waals surface area contributed by atoms with Crippen LogP contribution in [0.4, 0.5) is 5.69 Å². The Morgan fingerprint density at radius 1 is 1.13 bits per heavy atom. The molecular weight excluding hydrogens is 382 g/mol. The van der Waals surface area contributed by atoms with Gasteiger partial charge in [-0.05, 0) is 19.2 Å². The van der Waals surface area contributed by atoms with Crippen LogP contribution in [0.1, 0.15) is 11.7 Å². The van der Waals surface area contributed by atoms with E-state index < -0.39 is 5.92 Å². The Balaban J connectivity index is 1.84. The van der Waals surface area contributed by atoms with Gasteiger partial charge in [-0.3, -0.25) is 14.7 Å².